The van der Waals surface area contributed by atoms with Crippen LogP contribution in [0.15, 0.2) is 48.5 Å². The third kappa shape index (κ3) is 7.90. The van der Waals surface area contributed by atoms with Crippen molar-refractivity contribution in [2.45, 2.75) is 53.4 Å². The summed E-state index contributed by atoms with van der Waals surface area (Å²) in [5.41, 5.74) is 10.4. The summed E-state index contributed by atoms with van der Waals surface area (Å²) in [4.78, 5) is 0. The third-order valence-corrected chi connectivity index (χ3v) is 7.84. The minimum absolute atomic E-state index is 0.808. The van der Waals surface area contributed by atoms with Gasteiger partial charge < -0.3 is 15.2 Å². The fraction of sp³-hybridized carbons (Fsp3) is 0.419. The Morgan fingerprint density at radius 3 is 1.45 bits per heavy atom. The molecule has 2 heterocycles. The van der Waals surface area contributed by atoms with Gasteiger partial charge in [-0.15, -0.1) is 0 Å². The molecule has 0 spiro atoms. The van der Waals surface area contributed by atoms with Crippen molar-refractivity contribution in [3.63, 3.8) is 0 Å². The quantitative estimate of drug-likeness (QED) is 0.120. The Morgan fingerprint density at radius 2 is 1.10 bits per heavy atom. The van der Waals surface area contributed by atoms with E-state index >= 15 is 0 Å². The van der Waals surface area contributed by atoms with Gasteiger partial charge in [0.1, 0.15) is 14.1 Å². The first-order chi connectivity index (χ1) is 18.9. The molecular weight excluding hydrogens is 524 g/mol. The molecule has 0 saturated carbocycles. The van der Waals surface area contributed by atoms with Crippen molar-refractivity contribution in [3.8, 4) is 0 Å². The lowest BCUT2D eigenvalue weighted by Crippen LogP contribution is -2.33. The van der Waals surface area contributed by atoms with Gasteiger partial charge in [-0.2, -0.15) is 9.13 Å². The Balaban J connectivity index is 0.000000663. The van der Waals surface area contributed by atoms with Crippen LogP contribution >= 0.6 is 0 Å². The highest BCUT2D eigenvalue weighted by Crippen LogP contribution is 2.25. The zero-order valence-electron chi connectivity index (χ0n) is 24.8. The van der Waals surface area contributed by atoms with Crippen LogP contribution in [0.3, 0.4) is 0 Å². The zero-order chi connectivity index (χ0) is 29.4. The van der Waals surface area contributed by atoms with E-state index in [0.717, 1.165) is 20.2 Å². The summed E-state index contributed by atoms with van der Waals surface area (Å²) in [7, 11) is 0.708. The summed E-state index contributed by atoms with van der Waals surface area (Å²) in [6.45, 7) is 10.8. The molecule has 0 saturated heterocycles. The van der Waals surface area contributed by atoms with E-state index in [4.69, 9.17) is 0 Å². The maximum absolute atomic E-state index is 9.22. The molecule has 0 unspecified atom stereocenters. The van der Waals surface area contributed by atoms with E-state index in [2.05, 4.69) is 114 Å². The summed E-state index contributed by atoms with van der Waals surface area (Å²) in [5, 5.41) is 10.0. The molecule has 9 heteroatoms. The number of anilines is 2. The summed E-state index contributed by atoms with van der Waals surface area (Å²) in [6, 6.07) is 17.7. The molecule has 0 bridgehead atoms. The molecule has 216 valence electrons. The molecule has 0 amide bonds. The number of nitrogens with one attached hydrogen (secondary N) is 2. The normalized spacial score (nSPS) is 11.4. The van der Waals surface area contributed by atoms with Crippen LogP contribution in [0.5, 0.6) is 0 Å². The minimum atomic E-state index is -4.41. The summed E-state index contributed by atoms with van der Waals surface area (Å²) < 4.78 is 35.6. The fourth-order valence-electron chi connectivity index (χ4n) is 5.10. The maximum atomic E-state index is 9.22. The van der Waals surface area contributed by atoms with Crippen molar-refractivity contribution in [3.05, 3.63) is 71.0 Å². The summed E-state index contributed by atoms with van der Waals surface area (Å²) >= 11 is 0. The second kappa shape index (κ2) is 13.9. The molecule has 2 aromatic heterocycles. The zero-order valence-corrected chi connectivity index (χ0v) is 25.6. The fourth-order valence-corrected chi connectivity index (χ4v) is 5.10. The minimum Gasteiger partial charge on any atom is -0.726 e. The van der Waals surface area contributed by atoms with E-state index in [9.17, 15) is 13.0 Å². The summed E-state index contributed by atoms with van der Waals surface area (Å²) in [5.74, 6) is 0. The van der Waals surface area contributed by atoms with Gasteiger partial charge in [0.25, 0.3) is 0 Å². The molecule has 0 fully saturated rings. The van der Waals surface area contributed by atoms with Crippen LogP contribution in [0.25, 0.3) is 21.8 Å². The monoisotopic (exact) mass is 567 g/mol. The first kappa shape index (κ1) is 31.3. The van der Waals surface area contributed by atoms with Crippen molar-refractivity contribution < 1.29 is 26.3 Å². The number of benzene rings is 2. The molecule has 40 heavy (non-hydrogen) atoms. The van der Waals surface area contributed by atoms with E-state index in [0.29, 0.717) is 0 Å². The van der Waals surface area contributed by atoms with Crippen LogP contribution in [0.4, 0.5) is 11.4 Å². The van der Waals surface area contributed by atoms with Crippen LogP contribution in [0, 0.1) is 27.7 Å². The Kier molecular flexibility index (Phi) is 10.8. The van der Waals surface area contributed by atoms with Gasteiger partial charge in [0.05, 0.1) is 29.3 Å². The van der Waals surface area contributed by atoms with Crippen molar-refractivity contribution >= 4 is 43.6 Å². The smallest absolute Gasteiger partial charge is 0.217 e. The molecule has 4 rings (SSSR count). The molecule has 2 aromatic carbocycles. The number of hydrogen-bond donors (Lipinski definition) is 2. The molecule has 4 aromatic rings. The number of hydrogen-bond acceptors (Lipinski definition) is 6. The van der Waals surface area contributed by atoms with Gasteiger partial charge in [-0.25, -0.2) is 8.42 Å². The number of aromatic nitrogens is 2. The van der Waals surface area contributed by atoms with Crippen LogP contribution in [-0.4, -0.2) is 33.2 Å². The largest absolute Gasteiger partial charge is 0.726 e. The average Bonchev–Trinajstić information content (AvgIpc) is 2.90. The van der Waals surface area contributed by atoms with Gasteiger partial charge in [0.15, 0.2) is 11.4 Å². The van der Waals surface area contributed by atoms with Gasteiger partial charge in [0, 0.05) is 50.2 Å². The van der Waals surface area contributed by atoms with Crippen LogP contribution < -0.4 is 19.8 Å². The van der Waals surface area contributed by atoms with E-state index in [-0.39, 0.29) is 0 Å². The summed E-state index contributed by atoms with van der Waals surface area (Å²) in [6.07, 6.45) is 4.87. The molecule has 0 aliphatic heterocycles. The maximum Gasteiger partial charge on any atom is 0.217 e. The Morgan fingerprint density at radius 1 is 0.725 bits per heavy atom. The number of unbranched alkanes of at least 4 members (excludes halogenated alkanes) is 3. The van der Waals surface area contributed by atoms with Crippen molar-refractivity contribution in [2.75, 3.05) is 30.8 Å². The van der Waals surface area contributed by atoms with Gasteiger partial charge in [0.2, 0.25) is 21.4 Å². The second-order valence-electron chi connectivity index (χ2n) is 10.3. The standard InChI is InChI=1S/C30H38N4.CH4O4S/c1-21-13-11-15-25-27(19-23(3)33(5)29(21)25)31-17-9-7-8-10-18-32-28-20-24(4)34(6)30-22(2)14-12-16-26(28)30;1-5-6(2,3)4/h11-16,19-20H,7-10,17-18H2,1-6H3;1H3,(H,2,3,4)/p+1. The van der Waals surface area contributed by atoms with Crippen LogP contribution in [0.1, 0.15) is 48.2 Å². The number of nitrogens with zero attached hydrogens (tertiary/aromatic N) is 2. The molecule has 0 radical (unpaired) electrons. The van der Waals surface area contributed by atoms with E-state index < -0.39 is 10.4 Å². The van der Waals surface area contributed by atoms with Gasteiger partial charge >= 0.3 is 0 Å². The highest BCUT2D eigenvalue weighted by Gasteiger charge is 2.16. The number of aryl methyl sites for hydroxylation is 6. The number of rotatable bonds is 10. The molecule has 2 N–H and O–H groups in total. The van der Waals surface area contributed by atoms with E-state index in [1.807, 2.05) is 0 Å². The van der Waals surface area contributed by atoms with E-state index in [1.54, 1.807) is 0 Å². The van der Waals surface area contributed by atoms with Crippen LogP contribution in [-0.2, 0) is 28.7 Å². The lowest BCUT2D eigenvalue weighted by molar-refractivity contribution is -0.651. The van der Waals surface area contributed by atoms with Crippen molar-refractivity contribution in [2.24, 2.45) is 14.1 Å². The molecule has 8 nitrogen and oxygen atoms in total. The molecule has 0 aliphatic carbocycles. The van der Waals surface area contributed by atoms with Gasteiger partial charge in [-0.05, 0) is 38.8 Å². The first-order valence-corrected chi connectivity index (χ1v) is 15.0. The number of pyridine rings is 2. The third-order valence-electron chi connectivity index (χ3n) is 7.43. The SMILES string of the molecule is COS(=O)(=O)[O-].Cc1cccc2c(NCCCCCCNc3cc(C)[n+](C)c4c(C)cccc34)cc(C)[n+](C)c12. The predicted molar refractivity (Wildman–Crippen MR) is 161 cm³/mol. The molecular formula is C31H43N4O4S+. The highest BCUT2D eigenvalue weighted by molar-refractivity contribution is 7.80. The van der Waals surface area contributed by atoms with Crippen molar-refractivity contribution in [1.82, 2.24) is 0 Å². The predicted octanol–water partition coefficient (Wildman–Crippen LogP) is 5.05. The molecule has 0 atom stereocenters. The number of para-hydroxylation sites is 2. The highest BCUT2D eigenvalue weighted by atomic mass is 32.3. The number of fused-ring (bicyclic) bond motifs is 2. The lowest BCUT2D eigenvalue weighted by atomic mass is 10.1. The molecule has 0 aliphatic rings. The second-order valence-corrected chi connectivity index (χ2v) is 11.5. The first-order valence-electron chi connectivity index (χ1n) is 13.7. The van der Waals surface area contributed by atoms with Gasteiger partial charge in [-0.3, -0.25) is 4.18 Å². The van der Waals surface area contributed by atoms with E-state index in [1.165, 1.54) is 81.4 Å². The average molecular weight is 568 g/mol. The Labute approximate surface area is 239 Å². The Bertz CT molecular complexity index is 1480. The van der Waals surface area contributed by atoms with Gasteiger partial charge in [-0.1, -0.05) is 37.1 Å². The van der Waals surface area contributed by atoms with Crippen LogP contribution in [0.2, 0.25) is 0 Å². The Hall–Kier alpha value is -3.27. The lowest BCUT2D eigenvalue weighted by Gasteiger charge is -2.12. The van der Waals surface area contributed by atoms with Crippen molar-refractivity contribution in [1.29, 1.82) is 0 Å². The topological polar surface area (TPSA) is 98.2 Å².